The maximum atomic E-state index is 4.59. The molecule has 0 saturated carbocycles. The summed E-state index contributed by atoms with van der Waals surface area (Å²) in [6.07, 6.45) is 4.73. The summed E-state index contributed by atoms with van der Waals surface area (Å²) >= 11 is 0. The molecule has 0 atom stereocenters. The van der Waals surface area contributed by atoms with E-state index in [1.165, 1.54) is 19.3 Å². The lowest BCUT2D eigenvalue weighted by molar-refractivity contribution is 0.539. The van der Waals surface area contributed by atoms with Crippen LogP contribution in [0.4, 0.5) is 17.8 Å². The summed E-state index contributed by atoms with van der Waals surface area (Å²) in [5, 5.41) is 6.41. The molecule has 2 rings (SSSR count). The lowest BCUT2D eigenvalue weighted by Crippen LogP contribution is -2.33. The summed E-state index contributed by atoms with van der Waals surface area (Å²) in [4.78, 5) is 15.7. The van der Waals surface area contributed by atoms with Crippen LogP contribution in [0.15, 0.2) is 0 Å². The Bertz CT molecular complexity index is 439. The molecular formula is C14H26N6. The minimum atomic E-state index is -0.0223. The van der Waals surface area contributed by atoms with Crippen molar-refractivity contribution in [1.29, 1.82) is 0 Å². The molecular weight excluding hydrogens is 252 g/mol. The lowest BCUT2D eigenvalue weighted by Gasteiger charge is -2.28. The van der Waals surface area contributed by atoms with E-state index >= 15 is 0 Å². The van der Waals surface area contributed by atoms with Gasteiger partial charge in [0.15, 0.2) is 0 Å². The minimum Gasteiger partial charge on any atom is -0.357 e. The highest BCUT2D eigenvalue weighted by Crippen LogP contribution is 2.20. The average Bonchev–Trinajstić information content (AvgIpc) is 2.47. The summed E-state index contributed by atoms with van der Waals surface area (Å²) in [5.41, 5.74) is -0.0223. The molecule has 6 nitrogen and oxygen atoms in total. The molecule has 1 aromatic rings. The van der Waals surface area contributed by atoms with Crippen LogP contribution in [0.2, 0.25) is 0 Å². The second-order valence-electron chi connectivity index (χ2n) is 5.94. The van der Waals surface area contributed by atoms with Crippen molar-refractivity contribution in [2.24, 2.45) is 0 Å². The van der Waals surface area contributed by atoms with E-state index in [9.17, 15) is 0 Å². The summed E-state index contributed by atoms with van der Waals surface area (Å²) in [5.74, 6) is 2.05. The van der Waals surface area contributed by atoms with Gasteiger partial charge in [0, 0.05) is 25.7 Å². The Balaban J connectivity index is 2.23. The monoisotopic (exact) mass is 278 g/mol. The zero-order valence-electron chi connectivity index (χ0n) is 13.0. The first-order valence-corrected chi connectivity index (χ1v) is 7.51. The Labute approximate surface area is 121 Å². The number of nitrogens with one attached hydrogen (secondary N) is 2. The number of nitrogens with zero attached hydrogens (tertiary/aromatic N) is 4. The summed E-state index contributed by atoms with van der Waals surface area (Å²) in [6.45, 7) is 8.51. The van der Waals surface area contributed by atoms with E-state index in [0.717, 1.165) is 25.5 Å². The first-order chi connectivity index (χ1) is 9.54. The zero-order valence-corrected chi connectivity index (χ0v) is 13.0. The van der Waals surface area contributed by atoms with Crippen LogP contribution in [0, 0.1) is 0 Å². The fraction of sp³-hybridized carbons (Fsp3) is 0.786. The Morgan fingerprint density at radius 1 is 1.05 bits per heavy atom. The van der Waals surface area contributed by atoms with Crippen molar-refractivity contribution < 1.29 is 0 Å². The fourth-order valence-electron chi connectivity index (χ4n) is 2.16. The molecule has 2 N–H and O–H groups in total. The molecule has 1 aliphatic rings. The quantitative estimate of drug-likeness (QED) is 0.862. The van der Waals surface area contributed by atoms with Gasteiger partial charge >= 0.3 is 0 Å². The summed E-state index contributed by atoms with van der Waals surface area (Å²) < 4.78 is 0. The Morgan fingerprint density at radius 2 is 1.70 bits per heavy atom. The number of aromatic nitrogens is 3. The van der Waals surface area contributed by atoms with Gasteiger partial charge in [0.1, 0.15) is 0 Å². The van der Waals surface area contributed by atoms with Crippen molar-refractivity contribution in [1.82, 2.24) is 15.0 Å². The first-order valence-electron chi connectivity index (χ1n) is 7.51. The molecule has 1 fully saturated rings. The van der Waals surface area contributed by atoms with Crippen molar-refractivity contribution >= 4 is 17.8 Å². The van der Waals surface area contributed by atoms with E-state index in [2.05, 4.69) is 51.3 Å². The van der Waals surface area contributed by atoms with Gasteiger partial charge < -0.3 is 15.5 Å². The Kier molecular flexibility index (Phi) is 4.62. The molecule has 1 aliphatic heterocycles. The van der Waals surface area contributed by atoms with Crippen LogP contribution < -0.4 is 15.5 Å². The lowest BCUT2D eigenvalue weighted by atomic mass is 10.0. The molecule has 0 radical (unpaired) electrons. The van der Waals surface area contributed by atoms with Crippen LogP contribution >= 0.6 is 0 Å². The highest BCUT2D eigenvalue weighted by Gasteiger charge is 2.19. The molecule has 112 valence electrons. The predicted molar refractivity (Wildman–Crippen MR) is 83.4 cm³/mol. The van der Waals surface area contributed by atoms with Crippen LogP contribution in [0.25, 0.3) is 0 Å². The van der Waals surface area contributed by atoms with Gasteiger partial charge in [-0.05, 0) is 39.5 Å². The zero-order chi connectivity index (χ0) is 14.6. The average molecular weight is 278 g/mol. The smallest absolute Gasteiger partial charge is 0.231 e. The molecule has 1 aromatic heterocycles. The predicted octanol–water partition coefficient (Wildman–Crippen LogP) is 2.50. The number of hydrogen-bond acceptors (Lipinski definition) is 6. The summed E-state index contributed by atoms with van der Waals surface area (Å²) in [7, 11) is 1.84. The second-order valence-corrected chi connectivity index (χ2v) is 5.94. The van der Waals surface area contributed by atoms with Crippen molar-refractivity contribution in [3.05, 3.63) is 0 Å². The molecule has 0 spiro atoms. The van der Waals surface area contributed by atoms with Gasteiger partial charge in [0.2, 0.25) is 17.8 Å². The topological polar surface area (TPSA) is 66.0 Å². The highest BCUT2D eigenvalue weighted by molar-refractivity contribution is 5.44. The number of rotatable bonds is 5. The van der Waals surface area contributed by atoms with Crippen molar-refractivity contribution in [3.63, 3.8) is 0 Å². The SMILES string of the molecule is CCC(C)(C)Nc1nc(NC)nc(N2CCCCC2)n1. The second kappa shape index (κ2) is 6.24. The molecule has 1 saturated heterocycles. The highest BCUT2D eigenvalue weighted by atomic mass is 15.3. The maximum Gasteiger partial charge on any atom is 0.231 e. The Hall–Kier alpha value is -1.59. The Morgan fingerprint density at radius 3 is 2.30 bits per heavy atom. The van der Waals surface area contributed by atoms with E-state index < -0.39 is 0 Å². The molecule has 2 heterocycles. The van der Waals surface area contributed by atoms with Crippen LogP contribution in [0.1, 0.15) is 46.5 Å². The number of hydrogen-bond donors (Lipinski definition) is 2. The standard InChI is InChI=1S/C14H26N6/c1-5-14(2,3)19-12-16-11(15-4)17-13(18-12)20-9-7-6-8-10-20/h5-10H2,1-4H3,(H2,15,16,17,18,19). The van der Waals surface area contributed by atoms with E-state index in [0.29, 0.717) is 11.9 Å². The van der Waals surface area contributed by atoms with Gasteiger partial charge in [-0.25, -0.2) is 0 Å². The van der Waals surface area contributed by atoms with E-state index in [1.807, 2.05) is 7.05 Å². The number of anilines is 3. The molecule has 0 bridgehead atoms. The molecule has 0 amide bonds. The third-order valence-electron chi connectivity index (χ3n) is 3.82. The van der Waals surface area contributed by atoms with Gasteiger partial charge in [-0.1, -0.05) is 6.92 Å². The third-order valence-corrected chi connectivity index (χ3v) is 3.82. The molecule has 0 aliphatic carbocycles. The maximum absolute atomic E-state index is 4.59. The number of piperidine rings is 1. The minimum absolute atomic E-state index is 0.0223. The largest absolute Gasteiger partial charge is 0.357 e. The fourth-order valence-corrected chi connectivity index (χ4v) is 2.16. The van der Waals surface area contributed by atoms with Gasteiger partial charge in [0.25, 0.3) is 0 Å². The molecule has 6 heteroatoms. The first kappa shape index (κ1) is 14.8. The van der Waals surface area contributed by atoms with Crippen molar-refractivity contribution in [2.75, 3.05) is 35.7 Å². The molecule has 20 heavy (non-hydrogen) atoms. The molecule has 0 unspecified atom stereocenters. The van der Waals surface area contributed by atoms with Crippen LogP contribution in [-0.4, -0.2) is 40.6 Å². The third kappa shape index (κ3) is 3.71. The van der Waals surface area contributed by atoms with Gasteiger partial charge in [0.05, 0.1) is 0 Å². The van der Waals surface area contributed by atoms with E-state index in [1.54, 1.807) is 0 Å². The summed E-state index contributed by atoms with van der Waals surface area (Å²) in [6, 6.07) is 0. The van der Waals surface area contributed by atoms with Gasteiger partial charge in [-0.2, -0.15) is 15.0 Å². The van der Waals surface area contributed by atoms with E-state index in [4.69, 9.17) is 0 Å². The van der Waals surface area contributed by atoms with Crippen molar-refractivity contribution in [3.8, 4) is 0 Å². The van der Waals surface area contributed by atoms with E-state index in [-0.39, 0.29) is 5.54 Å². The van der Waals surface area contributed by atoms with Crippen LogP contribution in [0.3, 0.4) is 0 Å². The molecule has 0 aromatic carbocycles. The van der Waals surface area contributed by atoms with Crippen LogP contribution in [0.5, 0.6) is 0 Å². The normalized spacial score (nSPS) is 16.1. The van der Waals surface area contributed by atoms with Gasteiger partial charge in [-0.3, -0.25) is 0 Å². The van der Waals surface area contributed by atoms with Crippen molar-refractivity contribution in [2.45, 2.75) is 52.0 Å². The van der Waals surface area contributed by atoms with Crippen LogP contribution in [-0.2, 0) is 0 Å². The van der Waals surface area contributed by atoms with Gasteiger partial charge in [-0.15, -0.1) is 0 Å².